The van der Waals surface area contributed by atoms with Crippen molar-refractivity contribution in [1.29, 1.82) is 0 Å². The molecule has 0 saturated carbocycles. The van der Waals surface area contributed by atoms with Gasteiger partial charge in [0.25, 0.3) is 0 Å². The minimum absolute atomic E-state index is 0.283. The zero-order valence-corrected chi connectivity index (χ0v) is 10.7. The van der Waals surface area contributed by atoms with E-state index in [2.05, 4.69) is 10.3 Å². The largest absolute Gasteiger partial charge is 0.481 e. The van der Waals surface area contributed by atoms with Crippen molar-refractivity contribution in [2.45, 2.75) is 19.8 Å². The van der Waals surface area contributed by atoms with E-state index in [1.807, 2.05) is 25.1 Å². The van der Waals surface area contributed by atoms with Crippen molar-refractivity contribution in [1.82, 2.24) is 4.98 Å². The Balaban J connectivity index is 2.10. The molecule has 1 aliphatic rings. The van der Waals surface area contributed by atoms with Gasteiger partial charge in [-0.1, -0.05) is 18.2 Å². The van der Waals surface area contributed by atoms with Gasteiger partial charge >= 0.3 is 5.97 Å². The van der Waals surface area contributed by atoms with Crippen LogP contribution in [-0.4, -0.2) is 22.0 Å². The van der Waals surface area contributed by atoms with E-state index in [-0.39, 0.29) is 5.91 Å². The monoisotopic (exact) mass is 260 g/mol. The number of hydrogen-bond donors (Lipinski definition) is 2. The molecule has 1 aromatic rings. The Morgan fingerprint density at radius 3 is 2.58 bits per heavy atom. The third-order valence-corrected chi connectivity index (χ3v) is 3.23. The molecule has 0 spiro atoms. The molecule has 5 nitrogen and oxygen atoms in total. The Hall–Kier alpha value is -2.17. The van der Waals surface area contributed by atoms with Crippen LogP contribution in [0.2, 0.25) is 0 Å². The molecule has 5 heteroatoms. The molecule has 0 unspecified atom stereocenters. The third-order valence-electron chi connectivity index (χ3n) is 3.23. The fourth-order valence-electron chi connectivity index (χ4n) is 2.21. The maximum atomic E-state index is 12.1. The van der Waals surface area contributed by atoms with Crippen LogP contribution in [0.1, 0.15) is 18.5 Å². The summed E-state index contributed by atoms with van der Waals surface area (Å²) < 4.78 is 0. The zero-order chi connectivity index (χ0) is 13.8. The number of aryl methyl sites for hydroxylation is 1. The van der Waals surface area contributed by atoms with Crippen LogP contribution in [0.3, 0.4) is 0 Å². The van der Waals surface area contributed by atoms with Gasteiger partial charge in [0.15, 0.2) is 0 Å². The van der Waals surface area contributed by atoms with Crippen LogP contribution in [0.15, 0.2) is 30.4 Å². The molecule has 1 amide bonds. The highest BCUT2D eigenvalue weighted by Gasteiger charge is 2.34. The van der Waals surface area contributed by atoms with Crippen molar-refractivity contribution >= 4 is 17.7 Å². The summed E-state index contributed by atoms with van der Waals surface area (Å²) in [6.45, 7) is 1.83. The van der Waals surface area contributed by atoms with E-state index in [4.69, 9.17) is 5.11 Å². The minimum Gasteiger partial charge on any atom is -0.481 e. The number of carboxylic acid groups (broad SMARTS) is 1. The van der Waals surface area contributed by atoms with Crippen LogP contribution in [-0.2, 0) is 9.59 Å². The van der Waals surface area contributed by atoms with Crippen molar-refractivity contribution in [2.24, 2.45) is 11.8 Å². The van der Waals surface area contributed by atoms with Crippen LogP contribution in [0.4, 0.5) is 5.82 Å². The summed E-state index contributed by atoms with van der Waals surface area (Å²) in [5.74, 6) is -1.94. The lowest BCUT2D eigenvalue weighted by molar-refractivity contribution is -0.146. The third kappa shape index (κ3) is 3.19. The molecule has 0 aliphatic heterocycles. The molecule has 2 rings (SSSR count). The van der Waals surface area contributed by atoms with E-state index in [0.717, 1.165) is 5.69 Å². The molecule has 0 radical (unpaired) electrons. The van der Waals surface area contributed by atoms with E-state index >= 15 is 0 Å². The second kappa shape index (κ2) is 5.65. The first-order valence-electron chi connectivity index (χ1n) is 6.20. The van der Waals surface area contributed by atoms with E-state index in [9.17, 15) is 9.59 Å². The predicted octanol–water partition coefficient (Wildman–Crippen LogP) is 2.00. The number of carboxylic acids is 1. The van der Waals surface area contributed by atoms with Gasteiger partial charge in [0, 0.05) is 5.69 Å². The summed E-state index contributed by atoms with van der Waals surface area (Å²) in [5.41, 5.74) is 0.802. The Kier molecular flexibility index (Phi) is 3.94. The Morgan fingerprint density at radius 1 is 1.26 bits per heavy atom. The second-order valence-electron chi connectivity index (χ2n) is 4.65. The molecule has 19 heavy (non-hydrogen) atoms. The average Bonchev–Trinajstić information content (AvgIpc) is 2.38. The number of amides is 1. The number of carbonyl (C=O) groups excluding carboxylic acids is 1. The smallest absolute Gasteiger partial charge is 0.307 e. The van der Waals surface area contributed by atoms with Crippen LogP contribution in [0.5, 0.6) is 0 Å². The molecule has 100 valence electrons. The second-order valence-corrected chi connectivity index (χ2v) is 4.65. The van der Waals surface area contributed by atoms with E-state index in [1.54, 1.807) is 12.1 Å². The maximum absolute atomic E-state index is 12.1. The lowest BCUT2D eigenvalue weighted by Gasteiger charge is -2.24. The van der Waals surface area contributed by atoms with Crippen LogP contribution >= 0.6 is 0 Å². The van der Waals surface area contributed by atoms with Crippen LogP contribution < -0.4 is 5.32 Å². The molecule has 1 heterocycles. The molecule has 1 aliphatic carbocycles. The van der Waals surface area contributed by atoms with Gasteiger partial charge in [-0.3, -0.25) is 9.59 Å². The molecule has 0 aromatic carbocycles. The molecular formula is C14H16N2O3. The first-order valence-corrected chi connectivity index (χ1v) is 6.20. The number of hydrogen-bond acceptors (Lipinski definition) is 3. The number of nitrogens with zero attached hydrogens (tertiary/aromatic N) is 1. The molecular weight excluding hydrogens is 244 g/mol. The number of aliphatic carboxylic acids is 1. The molecule has 2 atom stereocenters. The van der Waals surface area contributed by atoms with Crippen molar-refractivity contribution in [3.8, 4) is 0 Å². The van der Waals surface area contributed by atoms with E-state index < -0.39 is 17.8 Å². The lowest BCUT2D eigenvalue weighted by Crippen LogP contribution is -2.34. The average molecular weight is 260 g/mol. The molecule has 0 bridgehead atoms. The number of aromatic nitrogens is 1. The summed E-state index contributed by atoms with van der Waals surface area (Å²) in [7, 11) is 0. The van der Waals surface area contributed by atoms with Gasteiger partial charge in [-0.15, -0.1) is 0 Å². The van der Waals surface area contributed by atoms with Crippen molar-refractivity contribution in [3.05, 3.63) is 36.0 Å². The predicted molar refractivity (Wildman–Crippen MR) is 70.6 cm³/mol. The maximum Gasteiger partial charge on any atom is 0.307 e. The molecule has 0 saturated heterocycles. The topological polar surface area (TPSA) is 79.3 Å². The standard InChI is InChI=1S/C14H16N2O3/c1-9-5-4-8-12(15-9)16-13(17)10-6-2-3-7-11(10)14(18)19/h2-5,8,10-11H,6-7H2,1H3,(H,18,19)(H,15,16,17)/t10-,11+/m0/s1. The number of pyridine rings is 1. The normalized spacial score (nSPS) is 21.9. The summed E-state index contributed by atoms with van der Waals surface area (Å²) in [6.07, 6.45) is 4.52. The number of carbonyl (C=O) groups is 2. The Morgan fingerprint density at radius 2 is 1.95 bits per heavy atom. The number of allylic oxidation sites excluding steroid dienone is 2. The summed E-state index contributed by atoms with van der Waals surface area (Å²) in [4.78, 5) is 27.5. The van der Waals surface area contributed by atoms with Crippen LogP contribution in [0.25, 0.3) is 0 Å². The van der Waals surface area contributed by atoms with Crippen molar-refractivity contribution in [2.75, 3.05) is 5.32 Å². The van der Waals surface area contributed by atoms with Gasteiger partial charge in [0.1, 0.15) is 5.82 Å². The summed E-state index contributed by atoms with van der Waals surface area (Å²) in [5, 5.41) is 11.8. The van der Waals surface area contributed by atoms with Gasteiger partial charge in [0.2, 0.25) is 5.91 Å². The SMILES string of the molecule is Cc1cccc(NC(=O)[C@H]2CC=CC[C@H]2C(=O)O)n1. The highest BCUT2D eigenvalue weighted by atomic mass is 16.4. The first kappa shape index (κ1) is 13.3. The van der Waals surface area contributed by atoms with Crippen LogP contribution in [0, 0.1) is 18.8 Å². The van der Waals surface area contributed by atoms with Gasteiger partial charge < -0.3 is 10.4 Å². The fraction of sp³-hybridized carbons (Fsp3) is 0.357. The number of nitrogens with one attached hydrogen (secondary N) is 1. The molecule has 0 fully saturated rings. The fourth-order valence-corrected chi connectivity index (χ4v) is 2.21. The first-order chi connectivity index (χ1) is 9.08. The quantitative estimate of drug-likeness (QED) is 0.815. The van der Waals surface area contributed by atoms with Gasteiger partial charge in [-0.25, -0.2) is 4.98 Å². The lowest BCUT2D eigenvalue weighted by atomic mass is 9.82. The van der Waals surface area contributed by atoms with E-state index in [0.29, 0.717) is 18.7 Å². The van der Waals surface area contributed by atoms with Crippen molar-refractivity contribution < 1.29 is 14.7 Å². The summed E-state index contributed by atoms with van der Waals surface area (Å²) >= 11 is 0. The van der Waals surface area contributed by atoms with E-state index in [1.165, 1.54) is 0 Å². The summed E-state index contributed by atoms with van der Waals surface area (Å²) in [6, 6.07) is 5.33. The minimum atomic E-state index is -0.929. The molecule has 1 aromatic heterocycles. The highest BCUT2D eigenvalue weighted by molar-refractivity contribution is 5.94. The van der Waals surface area contributed by atoms with Gasteiger partial charge in [-0.2, -0.15) is 0 Å². The Bertz CT molecular complexity index is 525. The van der Waals surface area contributed by atoms with Crippen molar-refractivity contribution in [3.63, 3.8) is 0 Å². The zero-order valence-electron chi connectivity index (χ0n) is 10.7. The highest BCUT2D eigenvalue weighted by Crippen LogP contribution is 2.27. The molecule has 2 N–H and O–H groups in total. The number of rotatable bonds is 3. The van der Waals surface area contributed by atoms with Gasteiger partial charge in [-0.05, 0) is 31.9 Å². The Labute approximate surface area is 111 Å². The van der Waals surface area contributed by atoms with Gasteiger partial charge in [0.05, 0.1) is 11.8 Å². The number of anilines is 1.